The van der Waals surface area contributed by atoms with Gasteiger partial charge in [-0.2, -0.15) is 0 Å². The molecule has 0 bridgehead atoms. The molecule has 0 atom stereocenters. The van der Waals surface area contributed by atoms with Crippen molar-refractivity contribution in [3.05, 3.63) is 40.8 Å². The minimum Gasteiger partial charge on any atom is -0.309 e. The number of pyridine rings is 1. The van der Waals surface area contributed by atoms with E-state index in [4.69, 9.17) is 0 Å². The Bertz CT molecular complexity index is 679. The zero-order valence-electron chi connectivity index (χ0n) is 10.7. The summed E-state index contributed by atoms with van der Waals surface area (Å²) in [6.45, 7) is 0.603. The minimum absolute atomic E-state index is 0.347. The van der Waals surface area contributed by atoms with Crippen LogP contribution >= 0.6 is 11.3 Å². The molecule has 106 valence electrons. The van der Waals surface area contributed by atoms with E-state index in [1.807, 2.05) is 5.38 Å². The molecule has 0 amide bonds. The smallest absolute Gasteiger partial charge is 0.263 e. The van der Waals surface area contributed by atoms with Crippen LogP contribution in [0.15, 0.2) is 40.9 Å². The third kappa shape index (κ3) is 3.17. The van der Waals surface area contributed by atoms with Gasteiger partial charge in [-0.1, -0.05) is 0 Å². The summed E-state index contributed by atoms with van der Waals surface area (Å²) in [6.07, 6.45) is 5.46. The molecule has 2 heterocycles. The summed E-state index contributed by atoms with van der Waals surface area (Å²) < 4.78 is 27.3. The first-order chi connectivity index (χ1) is 9.65. The number of anilines is 1. The Balaban J connectivity index is 1.78. The monoisotopic (exact) mass is 309 g/mol. The second kappa shape index (κ2) is 5.51. The highest BCUT2D eigenvalue weighted by Gasteiger charge is 2.23. The fourth-order valence-electron chi connectivity index (χ4n) is 1.85. The zero-order chi connectivity index (χ0) is 14.0. The number of nitrogens with one attached hydrogen (secondary N) is 2. The van der Waals surface area contributed by atoms with Gasteiger partial charge >= 0.3 is 0 Å². The van der Waals surface area contributed by atoms with Gasteiger partial charge in [-0.05, 0) is 36.4 Å². The van der Waals surface area contributed by atoms with Gasteiger partial charge in [0.25, 0.3) is 10.0 Å². The SMILES string of the molecule is O=S(=O)(Nc1cccnc1)c1ccsc1CNC1CC1. The van der Waals surface area contributed by atoms with Gasteiger partial charge in [-0.25, -0.2) is 8.42 Å². The van der Waals surface area contributed by atoms with E-state index in [1.165, 1.54) is 30.4 Å². The summed E-state index contributed by atoms with van der Waals surface area (Å²) in [5.74, 6) is 0. The van der Waals surface area contributed by atoms with Crippen molar-refractivity contribution in [2.24, 2.45) is 0 Å². The topological polar surface area (TPSA) is 71.1 Å². The van der Waals surface area contributed by atoms with Crippen LogP contribution in [0.4, 0.5) is 5.69 Å². The van der Waals surface area contributed by atoms with Crippen LogP contribution in [-0.2, 0) is 16.6 Å². The number of nitrogens with zero attached hydrogens (tertiary/aromatic N) is 1. The van der Waals surface area contributed by atoms with E-state index < -0.39 is 10.0 Å². The molecule has 0 aromatic carbocycles. The van der Waals surface area contributed by atoms with Gasteiger partial charge in [-0.3, -0.25) is 9.71 Å². The van der Waals surface area contributed by atoms with E-state index in [-0.39, 0.29) is 0 Å². The lowest BCUT2D eigenvalue weighted by atomic mass is 10.4. The standard InChI is InChI=1S/C13H15N3O2S2/c17-20(18,16-11-2-1-6-14-8-11)13-5-7-19-12(13)9-15-10-3-4-10/h1-2,5-8,10,15-16H,3-4,9H2. The molecule has 0 radical (unpaired) electrons. The van der Waals surface area contributed by atoms with Gasteiger partial charge in [0.15, 0.2) is 0 Å². The van der Waals surface area contributed by atoms with Crippen LogP contribution in [0.1, 0.15) is 17.7 Å². The van der Waals surface area contributed by atoms with Crippen LogP contribution in [0.5, 0.6) is 0 Å². The van der Waals surface area contributed by atoms with Crippen LogP contribution in [0.2, 0.25) is 0 Å². The first-order valence-corrected chi connectivity index (χ1v) is 8.74. The molecular formula is C13H15N3O2S2. The highest BCUT2D eigenvalue weighted by atomic mass is 32.2. The molecule has 5 nitrogen and oxygen atoms in total. The molecule has 2 N–H and O–H groups in total. The van der Waals surface area contributed by atoms with Gasteiger partial charge in [0.1, 0.15) is 4.90 Å². The number of hydrogen-bond acceptors (Lipinski definition) is 5. The summed E-state index contributed by atoms with van der Waals surface area (Å²) >= 11 is 1.46. The molecule has 7 heteroatoms. The third-order valence-electron chi connectivity index (χ3n) is 3.04. The Morgan fingerprint density at radius 1 is 1.35 bits per heavy atom. The van der Waals surface area contributed by atoms with Crippen molar-refractivity contribution in [2.75, 3.05) is 4.72 Å². The van der Waals surface area contributed by atoms with Crippen molar-refractivity contribution in [3.8, 4) is 0 Å². The fraction of sp³-hybridized carbons (Fsp3) is 0.308. The number of rotatable bonds is 6. The minimum atomic E-state index is -3.55. The predicted octanol–water partition coefficient (Wildman–Crippen LogP) is 2.20. The average molecular weight is 309 g/mol. The maximum absolute atomic E-state index is 12.4. The van der Waals surface area contributed by atoms with E-state index in [2.05, 4.69) is 15.0 Å². The van der Waals surface area contributed by atoms with Crippen LogP contribution in [0.25, 0.3) is 0 Å². The van der Waals surface area contributed by atoms with E-state index >= 15 is 0 Å². The fourth-order valence-corrected chi connectivity index (χ4v) is 4.29. The Kier molecular flexibility index (Phi) is 3.73. The van der Waals surface area contributed by atoms with Crippen molar-refractivity contribution in [3.63, 3.8) is 0 Å². The van der Waals surface area contributed by atoms with E-state index in [0.717, 1.165) is 4.88 Å². The van der Waals surface area contributed by atoms with Crippen molar-refractivity contribution in [2.45, 2.75) is 30.3 Å². The van der Waals surface area contributed by atoms with Crippen molar-refractivity contribution >= 4 is 27.0 Å². The second-order valence-corrected chi connectivity index (χ2v) is 7.36. The van der Waals surface area contributed by atoms with Crippen LogP contribution in [0, 0.1) is 0 Å². The Morgan fingerprint density at radius 2 is 2.20 bits per heavy atom. The Hall–Kier alpha value is -1.44. The number of sulfonamides is 1. The molecule has 0 aliphatic heterocycles. The highest BCUT2D eigenvalue weighted by Crippen LogP contribution is 2.26. The van der Waals surface area contributed by atoms with Gasteiger partial charge in [0.05, 0.1) is 11.9 Å². The molecule has 20 heavy (non-hydrogen) atoms. The normalized spacial score (nSPS) is 15.2. The molecule has 1 saturated carbocycles. The van der Waals surface area contributed by atoms with Crippen LogP contribution in [-0.4, -0.2) is 19.4 Å². The Labute approximate surface area is 122 Å². The molecule has 1 fully saturated rings. The van der Waals surface area contributed by atoms with Crippen molar-refractivity contribution in [1.29, 1.82) is 0 Å². The summed E-state index contributed by atoms with van der Waals surface area (Å²) in [6, 6.07) is 5.58. The maximum Gasteiger partial charge on any atom is 0.263 e. The molecule has 1 aliphatic carbocycles. The molecule has 1 aliphatic rings. The van der Waals surface area contributed by atoms with Gasteiger partial charge in [0, 0.05) is 23.7 Å². The summed E-state index contributed by atoms with van der Waals surface area (Å²) in [5, 5.41) is 5.15. The van der Waals surface area contributed by atoms with E-state index in [9.17, 15) is 8.42 Å². The van der Waals surface area contributed by atoms with Gasteiger partial charge in [0.2, 0.25) is 0 Å². The molecule has 0 spiro atoms. The number of aromatic nitrogens is 1. The van der Waals surface area contributed by atoms with Gasteiger partial charge < -0.3 is 5.32 Å². The molecular weight excluding hydrogens is 294 g/mol. The van der Waals surface area contributed by atoms with Crippen molar-refractivity contribution in [1.82, 2.24) is 10.3 Å². The third-order valence-corrected chi connectivity index (χ3v) is 5.55. The summed E-state index contributed by atoms with van der Waals surface area (Å²) in [4.78, 5) is 5.09. The number of thiophene rings is 1. The zero-order valence-corrected chi connectivity index (χ0v) is 12.4. The Morgan fingerprint density at radius 3 is 2.90 bits per heavy atom. The second-order valence-electron chi connectivity index (χ2n) is 4.71. The van der Waals surface area contributed by atoms with Gasteiger partial charge in [-0.15, -0.1) is 11.3 Å². The molecule has 0 saturated heterocycles. The summed E-state index contributed by atoms with van der Waals surface area (Å²) in [5.41, 5.74) is 0.472. The quantitative estimate of drug-likeness (QED) is 0.858. The predicted molar refractivity (Wildman–Crippen MR) is 79.2 cm³/mol. The van der Waals surface area contributed by atoms with E-state index in [0.29, 0.717) is 23.2 Å². The van der Waals surface area contributed by atoms with Crippen LogP contribution in [0.3, 0.4) is 0 Å². The van der Waals surface area contributed by atoms with Crippen molar-refractivity contribution < 1.29 is 8.42 Å². The molecule has 2 aromatic rings. The lowest BCUT2D eigenvalue weighted by Crippen LogP contribution is -2.18. The first kappa shape index (κ1) is 13.5. The number of hydrogen-bond donors (Lipinski definition) is 2. The average Bonchev–Trinajstić information content (AvgIpc) is 3.13. The lowest BCUT2D eigenvalue weighted by molar-refractivity contribution is 0.599. The molecule has 2 aromatic heterocycles. The maximum atomic E-state index is 12.4. The lowest BCUT2D eigenvalue weighted by Gasteiger charge is -2.09. The largest absolute Gasteiger partial charge is 0.309 e. The van der Waals surface area contributed by atoms with Crippen LogP contribution < -0.4 is 10.0 Å². The van der Waals surface area contributed by atoms with E-state index in [1.54, 1.807) is 24.4 Å². The highest BCUT2D eigenvalue weighted by molar-refractivity contribution is 7.93. The molecule has 0 unspecified atom stereocenters. The summed E-state index contributed by atoms with van der Waals surface area (Å²) in [7, 11) is -3.55. The first-order valence-electron chi connectivity index (χ1n) is 6.38. The molecule has 3 rings (SSSR count).